The highest BCUT2D eigenvalue weighted by atomic mass is 16.1. The molecule has 3 rings (SSSR count). The number of nitrogens with zero attached hydrogens (tertiary/aromatic N) is 2. The van der Waals surface area contributed by atoms with Gasteiger partial charge in [-0.1, -0.05) is 49.9 Å². The summed E-state index contributed by atoms with van der Waals surface area (Å²) in [4.78, 5) is 12.3. The number of anilines is 1. The lowest BCUT2D eigenvalue weighted by Gasteiger charge is -2.10. The highest BCUT2D eigenvalue weighted by molar-refractivity contribution is 5.91. The van der Waals surface area contributed by atoms with Gasteiger partial charge in [-0.25, -0.2) is 0 Å². The van der Waals surface area contributed by atoms with Crippen LogP contribution in [0.1, 0.15) is 61.0 Å². The fraction of sp³-hybridized carbons (Fsp3) is 0.524. The topological polar surface area (TPSA) is 46.9 Å². The van der Waals surface area contributed by atoms with Crippen molar-refractivity contribution in [2.24, 2.45) is 5.92 Å². The Morgan fingerprint density at radius 2 is 1.92 bits per heavy atom. The second-order valence-corrected chi connectivity index (χ2v) is 7.37. The van der Waals surface area contributed by atoms with Crippen LogP contribution in [0.2, 0.25) is 0 Å². The number of nitrogens with one attached hydrogen (secondary N) is 1. The van der Waals surface area contributed by atoms with Gasteiger partial charge in [-0.3, -0.25) is 9.48 Å². The van der Waals surface area contributed by atoms with Gasteiger partial charge in [0.2, 0.25) is 5.91 Å². The molecule has 25 heavy (non-hydrogen) atoms. The van der Waals surface area contributed by atoms with Crippen LogP contribution in [-0.2, 0) is 11.3 Å². The molecule has 1 aliphatic carbocycles. The van der Waals surface area contributed by atoms with Gasteiger partial charge in [-0.15, -0.1) is 0 Å². The third-order valence-electron chi connectivity index (χ3n) is 5.48. The molecule has 1 saturated carbocycles. The third-order valence-corrected chi connectivity index (χ3v) is 5.48. The Morgan fingerprint density at radius 1 is 1.20 bits per heavy atom. The maximum absolute atomic E-state index is 12.3. The molecule has 1 fully saturated rings. The van der Waals surface area contributed by atoms with E-state index >= 15 is 0 Å². The average Bonchev–Trinajstić information content (AvgIpc) is 3.19. The van der Waals surface area contributed by atoms with Crippen LogP contribution >= 0.6 is 0 Å². The third kappa shape index (κ3) is 4.30. The predicted octanol–water partition coefficient (Wildman–Crippen LogP) is 4.77. The first-order chi connectivity index (χ1) is 12.0. The summed E-state index contributed by atoms with van der Waals surface area (Å²) >= 11 is 0. The van der Waals surface area contributed by atoms with Gasteiger partial charge >= 0.3 is 0 Å². The van der Waals surface area contributed by atoms with Crippen molar-refractivity contribution in [2.45, 2.75) is 65.8 Å². The van der Waals surface area contributed by atoms with Gasteiger partial charge in [0.05, 0.1) is 23.6 Å². The first-order valence-electron chi connectivity index (χ1n) is 9.43. The molecule has 0 saturated heterocycles. The van der Waals surface area contributed by atoms with Gasteiger partial charge in [0.25, 0.3) is 0 Å². The lowest BCUT2D eigenvalue weighted by Crippen LogP contribution is -2.14. The van der Waals surface area contributed by atoms with Crippen molar-refractivity contribution in [1.82, 2.24) is 9.78 Å². The van der Waals surface area contributed by atoms with Crippen molar-refractivity contribution in [2.75, 3.05) is 5.32 Å². The fourth-order valence-electron chi connectivity index (χ4n) is 3.82. The zero-order chi connectivity index (χ0) is 17.8. The highest BCUT2D eigenvalue weighted by Gasteiger charge is 2.18. The quantitative estimate of drug-likeness (QED) is 0.824. The number of hydrogen-bond donors (Lipinski definition) is 1. The molecule has 1 aromatic heterocycles. The zero-order valence-corrected chi connectivity index (χ0v) is 15.6. The van der Waals surface area contributed by atoms with Gasteiger partial charge in [0.15, 0.2) is 0 Å². The first-order valence-corrected chi connectivity index (χ1v) is 9.43. The van der Waals surface area contributed by atoms with E-state index in [9.17, 15) is 4.79 Å². The maximum Gasteiger partial charge on any atom is 0.224 e. The number of benzene rings is 1. The molecule has 0 spiro atoms. The second kappa shape index (κ2) is 7.85. The first kappa shape index (κ1) is 17.7. The summed E-state index contributed by atoms with van der Waals surface area (Å²) in [5.74, 6) is 0.866. The lowest BCUT2D eigenvalue weighted by molar-refractivity contribution is -0.116. The molecule has 0 unspecified atom stereocenters. The van der Waals surface area contributed by atoms with Crippen molar-refractivity contribution in [3.8, 4) is 0 Å². The Bertz CT molecular complexity index is 742. The molecule has 0 bridgehead atoms. The second-order valence-electron chi connectivity index (χ2n) is 7.37. The smallest absolute Gasteiger partial charge is 0.224 e. The highest BCUT2D eigenvalue weighted by Crippen LogP contribution is 2.29. The van der Waals surface area contributed by atoms with Crippen molar-refractivity contribution >= 4 is 11.6 Å². The molecule has 4 heteroatoms. The number of carbonyl (C=O) groups is 1. The van der Waals surface area contributed by atoms with E-state index in [0.717, 1.165) is 36.0 Å². The van der Waals surface area contributed by atoms with Crippen molar-refractivity contribution in [3.63, 3.8) is 0 Å². The molecule has 0 radical (unpaired) electrons. The number of rotatable bonds is 6. The normalized spacial score (nSPS) is 14.8. The van der Waals surface area contributed by atoms with Crippen molar-refractivity contribution in [3.05, 3.63) is 46.8 Å². The van der Waals surface area contributed by atoms with Gasteiger partial charge in [0, 0.05) is 6.42 Å². The number of carbonyl (C=O) groups excluding carboxylic acids is 1. The van der Waals surface area contributed by atoms with Crippen molar-refractivity contribution in [1.29, 1.82) is 0 Å². The zero-order valence-electron chi connectivity index (χ0n) is 15.6. The van der Waals surface area contributed by atoms with E-state index in [4.69, 9.17) is 0 Å². The number of hydrogen-bond acceptors (Lipinski definition) is 2. The van der Waals surface area contributed by atoms with E-state index < -0.39 is 0 Å². The van der Waals surface area contributed by atoms with E-state index in [2.05, 4.69) is 41.6 Å². The lowest BCUT2D eigenvalue weighted by atomic mass is 10.0. The van der Waals surface area contributed by atoms with E-state index in [1.54, 1.807) is 0 Å². The Balaban J connectivity index is 1.65. The van der Waals surface area contributed by atoms with E-state index in [1.165, 1.54) is 36.8 Å². The monoisotopic (exact) mass is 339 g/mol. The molecule has 1 N–H and O–H groups in total. The van der Waals surface area contributed by atoms with Gasteiger partial charge < -0.3 is 5.32 Å². The Morgan fingerprint density at radius 3 is 2.64 bits per heavy atom. The van der Waals surface area contributed by atoms with Crippen LogP contribution in [0.25, 0.3) is 0 Å². The molecule has 0 aliphatic heterocycles. The number of amides is 1. The summed E-state index contributed by atoms with van der Waals surface area (Å²) in [6.45, 7) is 6.85. The van der Waals surface area contributed by atoms with Crippen LogP contribution in [0.15, 0.2) is 24.3 Å². The molecular weight excluding hydrogens is 310 g/mol. The minimum absolute atomic E-state index is 0.119. The summed E-state index contributed by atoms with van der Waals surface area (Å²) < 4.78 is 1.99. The number of aromatic nitrogens is 2. The minimum Gasteiger partial charge on any atom is -0.323 e. The molecule has 1 amide bonds. The molecule has 4 nitrogen and oxygen atoms in total. The van der Waals surface area contributed by atoms with Crippen LogP contribution in [0.5, 0.6) is 0 Å². The predicted molar refractivity (Wildman–Crippen MR) is 102 cm³/mol. The molecule has 0 atom stereocenters. The Hall–Kier alpha value is -2.10. The van der Waals surface area contributed by atoms with Crippen LogP contribution in [0.4, 0.5) is 5.69 Å². The molecule has 134 valence electrons. The summed E-state index contributed by atoms with van der Waals surface area (Å²) in [5.41, 5.74) is 5.31. The molecule has 1 aliphatic rings. The Labute approximate surface area is 150 Å². The van der Waals surface area contributed by atoms with Crippen LogP contribution in [0.3, 0.4) is 0 Å². The number of aryl methyl sites for hydroxylation is 2. The van der Waals surface area contributed by atoms with Gasteiger partial charge in [0.1, 0.15) is 0 Å². The molecule has 1 aromatic carbocycles. The molecular formula is C21H29N3O. The molecule has 1 heterocycles. The minimum atomic E-state index is 0.119. The van der Waals surface area contributed by atoms with Crippen molar-refractivity contribution < 1.29 is 4.79 Å². The molecule has 2 aromatic rings. The Kier molecular flexibility index (Phi) is 5.57. The SMILES string of the molecule is Cc1ccccc1Cn1nc(C)c(NC(=O)CCC2CCCC2)c1C. The summed E-state index contributed by atoms with van der Waals surface area (Å²) in [6, 6.07) is 8.36. The van der Waals surface area contributed by atoms with E-state index in [-0.39, 0.29) is 5.91 Å². The van der Waals surface area contributed by atoms with Gasteiger partial charge in [-0.2, -0.15) is 5.10 Å². The van der Waals surface area contributed by atoms with Gasteiger partial charge in [-0.05, 0) is 44.2 Å². The maximum atomic E-state index is 12.3. The summed E-state index contributed by atoms with van der Waals surface area (Å²) in [7, 11) is 0. The largest absolute Gasteiger partial charge is 0.323 e. The van der Waals surface area contributed by atoms with E-state index in [1.807, 2.05) is 18.5 Å². The van der Waals surface area contributed by atoms with Crippen LogP contribution < -0.4 is 5.32 Å². The summed E-state index contributed by atoms with van der Waals surface area (Å²) in [5, 5.41) is 7.74. The average molecular weight is 339 g/mol. The van der Waals surface area contributed by atoms with E-state index in [0.29, 0.717) is 6.42 Å². The van der Waals surface area contributed by atoms with Crippen LogP contribution in [0, 0.1) is 26.7 Å². The summed E-state index contributed by atoms with van der Waals surface area (Å²) in [6.07, 6.45) is 6.87. The standard InChI is InChI=1S/C21H29N3O/c1-15-8-4-7-11-19(15)14-24-17(3)21(16(2)23-24)22-20(25)13-12-18-9-5-6-10-18/h4,7-8,11,18H,5-6,9-10,12-14H2,1-3H3,(H,22,25). The van der Waals surface area contributed by atoms with Crippen LogP contribution in [-0.4, -0.2) is 15.7 Å². The fourth-order valence-corrected chi connectivity index (χ4v) is 3.82.